The Labute approximate surface area is 98.4 Å². The molecule has 2 heteroatoms. The van der Waals surface area contributed by atoms with E-state index in [9.17, 15) is 0 Å². The summed E-state index contributed by atoms with van der Waals surface area (Å²) in [6.07, 6.45) is 1.08. The number of hydrogen-bond acceptors (Lipinski definition) is 2. The van der Waals surface area contributed by atoms with E-state index >= 15 is 0 Å². The SMILES string of the molecule is Cc1cccc(N2CCC(N)C2(C)C)c1C. The van der Waals surface area contributed by atoms with Crippen LogP contribution in [0.3, 0.4) is 0 Å². The molecule has 2 N–H and O–H groups in total. The molecule has 0 spiro atoms. The number of anilines is 1. The van der Waals surface area contributed by atoms with Crippen LogP contribution >= 0.6 is 0 Å². The number of rotatable bonds is 1. The van der Waals surface area contributed by atoms with Crippen molar-refractivity contribution < 1.29 is 0 Å². The molecular weight excluding hydrogens is 196 g/mol. The lowest BCUT2D eigenvalue weighted by molar-refractivity contribution is 0.453. The molecule has 1 aliphatic rings. The Morgan fingerprint density at radius 2 is 2.00 bits per heavy atom. The summed E-state index contributed by atoms with van der Waals surface area (Å²) in [6, 6.07) is 6.79. The predicted octanol–water partition coefficient (Wildman–Crippen LogP) is 2.62. The molecule has 1 atom stereocenters. The van der Waals surface area contributed by atoms with Crippen molar-refractivity contribution >= 4 is 5.69 Å². The molecular formula is C14H22N2. The third-order valence-corrected chi connectivity index (χ3v) is 4.13. The molecule has 0 aliphatic carbocycles. The molecule has 88 valence electrons. The first-order chi connectivity index (χ1) is 7.44. The first-order valence-electron chi connectivity index (χ1n) is 6.04. The lowest BCUT2D eigenvalue weighted by Gasteiger charge is -2.37. The van der Waals surface area contributed by atoms with Gasteiger partial charge >= 0.3 is 0 Å². The Kier molecular flexibility index (Phi) is 2.70. The van der Waals surface area contributed by atoms with Gasteiger partial charge in [-0.15, -0.1) is 0 Å². The molecule has 1 aromatic carbocycles. The summed E-state index contributed by atoms with van der Waals surface area (Å²) in [5, 5.41) is 0. The monoisotopic (exact) mass is 218 g/mol. The van der Waals surface area contributed by atoms with Crippen molar-refractivity contribution in [3.05, 3.63) is 29.3 Å². The molecule has 1 heterocycles. The van der Waals surface area contributed by atoms with Crippen LogP contribution in [0.2, 0.25) is 0 Å². The molecule has 1 aliphatic heterocycles. The summed E-state index contributed by atoms with van der Waals surface area (Å²) in [6.45, 7) is 9.92. The van der Waals surface area contributed by atoms with Crippen molar-refractivity contribution in [2.24, 2.45) is 5.73 Å². The van der Waals surface area contributed by atoms with Crippen LogP contribution in [0, 0.1) is 13.8 Å². The average Bonchev–Trinajstić information content (AvgIpc) is 2.48. The van der Waals surface area contributed by atoms with Gasteiger partial charge < -0.3 is 10.6 Å². The number of benzene rings is 1. The summed E-state index contributed by atoms with van der Waals surface area (Å²) in [4.78, 5) is 2.46. The van der Waals surface area contributed by atoms with Crippen molar-refractivity contribution in [2.75, 3.05) is 11.4 Å². The maximum absolute atomic E-state index is 6.19. The quantitative estimate of drug-likeness (QED) is 0.785. The average molecular weight is 218 g/mol. The second-order valence-electron chi connectivity index (χ2n) is 5.42. The van der Waals surface area contributed by atoms with Crippen LogP contribution in [0.4, 0.5) is 5.69 Å². The number of nitrogens with zero attached hydrogens (tertiary/aromatic N) is 1. The summed E-state index contributed by atoms with van der Waals surface area (Å²) in [5.74, 6) is 0. The molecule has 1 fully saturated rings. The summed E-state index contributed by atoms with van der Waals surface area (Å²) in [7, 11) is 0. The van der Waals surface area contributed by atoms with Gasteiger partial charge in [-0.1, -0.05) is 12.1 Å². The molecule has 2 rings (SSSR count). The maximum atomic E-state index is 6.19. The minimum atomic E-state index is 0.0680. The van der Waals surface area contributed by atoms with Gasteiger partial charge in [0.1, 0.15) is 0 Å². The Morgan fingerprint density at radius 3 is 2.56 bits per heavy atom. The van der Waals surface area contributed by atoms with Crippen molar-refractivity contribution in [2.45, 2.75) is 45.7 Å². The number of hydrogen-bond donors (Lipinski definition) is 1. The van der Waals surface area contributed by atoms with E-state index in [1.165, 1.54) is 16.8 Å². The lowest BCUT2D eigenvalue weighted by Crippen LogP contribution is -2.49. The van der Waals surface area contributed by atoms with Gasteiger partial charge in [-0.3, -0.25) is 0 Å². The van der Waals surface area contributed by atoms with Crippen molar-refractivity contribution in [3.63, 3.8) is 0 Å². The Bertz CT molecular complexity index is 396. The van der Waals surface area contributed by atoms with Crippen LogP contribution in [0.15, 0.2) is 18.2 Å². The van der Waals surface area contributed by atoms with E-state index in [-0.39, 0.29) is 11.6 Å². The molecule has 0 saturated carbocycles. The minimum absolute atomic E-state index is 0.0680. The Balaban J connectivity index is 2.42. The predicted molar refractivity (Wildman–Crippen MR) is 69.9 cm³/mol. The molecule has 1 aromatic rings. The third-order valence-electron chi connectivity index (χ3n) is 4.13. The fourth-order valence-electron chi connectivity index (χ4n) is 2.57. The molecule has 0 bridgehead atoms. The second-order valence-corrected chi connectivity index (χ2v) is 5.42. The molecule has 0 aromatic heterocycles. The molecule has 0 amide bonds. The second kappa shape index (κ2) is 3.77. The zero-order valence-corrected chi connectivity index (χ0v) is 10.7. The molecule has 1 unspecified atom stereocenters. The van der Waals surface area contributed by atoms with E-state index in [0.717, 1.165) is 13.0 Å². The largest absolute Gasteiger partial charge is 0.365 e. The minimum Gasteiger partial charge on any atom is -0.365 e. The first-order valence-corrected chi connectivity index (χ1v) is 6.04. The van der Waals surface area contributed by atoms with Crippen LogP contribution < -0.4 is 10.6 Å². The van der Waals surface area contributed by atoms with E-state index in [4.69, 9.17) is 5.73 Å². The Hall–Kier alpha value is -1.02. The summed E-state index contributed by atoms with van der Waals surface area (Å²) in [5.41, 5.74) is 10.3. The van der Waals surface area contributed by atoms with Gasteiger partial charge in [0.2, 0.25) is 0 Å². The fourth-order valence-corrected chi connectivity index (χ4v) is 2.57. The highest BCUT2D eigenvalue weighted by molar-refractivity contribution is 5.58. The number of nitrogens with two attached hydrogens (primary N) is 1. The normalized spacial score (nSPS) is 23.8. The smallest absolute Gasteiger partial charge is 0.0497 e. The van der Waals surface area contributed by atoms with E-state index in [0.29, 0.717) is 0 Å². The van der Waals surface area contributed by atoms with Crippen LogP contribution in [0.5, 0.6) is 0 Å². The summed E-state index contributed by atoms with van der Waals surface area (Å²) >= 11 is 0. The highest BCUT2D eigenvalue weighted by atomic mass is 15.2. The number of aryl methyl sites for hydroxylation is 1. The standard InChI is InChI=1S/C14H22N2/c1-10-6-5-7-12(11(10)2)16-9-8-13(15)14(16,3)4/h5-7,13H,8-9,15H2,1-4H3. The maximum Gasteiger partial charge on any atom is 0.0497 e. The van der Waals surface area contributed by atoms with Gasteiger partial charge in [-0.05, 0) is 51.3 Å². The fraction of sp³-hybridized carbons (Fsp3) is 0.571. The highest BCUT2D eigenvalue weighted by Gasteiger charge is 2.39. The van der Waals surface area contributed by atoms with Gasteiger partial charge in [0.05, 0.1) is 0 Å². The van der Waals surface area contributed by atoms with Gasteiger partial charge in [0.15, 0.2) is 0 Å². The molecule has 0 radical (unpaired) electrons. The highest BCUT2D eigenvalue weighted by Crippen LogP contribution is 2.35. The lowest BCUT2D eigenvalue weighted by atomic mass is 9.95. The van der Waals surface area contributed by atoms with Crippen LogP contribution in [-0.2, 0) is 0 Å². The van der Waals surface area contributed by atoms with E-state index < -0.39 is 0 Å². The van der Waals surface area contributed by atoms with Crippen molar-refractivity contribution in [1.82, 2.24) is 0 Å². The zero-order valence-electron chi connectivity index (χ0n) is 10.7. The summed E-state index contributed by atoms with van der Waals surface area (Å²) < 4.78 is 0. The zero-order chi connectivity index (χ0) is 11.9. The van der Waals surface area contributed by atoms with Crippen LogP contribution in [0.25, 0.3) is 0 Å². The van der Waals surface area contributed by atoms with Crippen molar-refractivity contribution in [1.29, 1.82) is 0 Å². The van der Waals surface area contributed by atoms with Gasteiger partial charge in [-0.2, -0.15) is 0 Å². The topological polar surface area (TPSA) is 29.3 Å². The Morgan fingerprint density at radius 1 is 1.31 bits per heavy atom. The third kappa shape index (κ3) is 1.61. The molecule has 16 heavy (non-hydrogen) atoms. The first kappa shape index (κ1) is 11.5. The molecule has 2 nitrogen and oxygen atoms in total. The van der Waals surface area contributed by atoms with Gasteiger partial charge in [0, 0.05) is 23.8 Å². The van der Waals surface area contributed by atoms with Crippen LogP contribution in [-0.4, -0.2) is 18.1 Å². The van der Waals surface area contributed by atoms with Gasteiger partial charge in [0.25, 0.3) is 0 Å². The molecule has 1 saturated heterocycles. The van der Waals surface area contributed by atoms with E-state index in [2.05, 4.69) is 50.8 Å². The van der Waals surface area contributed by atoms with E-state index in [1.54, 1.807) is 0 Å². The van der Waals surface area contributed by atoms with Gasteiger partial charge in [-0.25, -0.2) is 0 Å². The van der Waals surface area contributed by atoms with E-state index in [1.807, 2.05) is 0 Å². The van der Waals surface area contributed by atoms with Crippen molar-refractivity contribution in [3.8, 4) is 0 Å². The van der Waals surface area contributed by atoms with Crippen LogP contribution in [0.1, 0.15) is 31.4 Å².